The molecule has 1 saturated heterocycles. The van der Waals surface area contributed by atoms with Crippen LogP contribution in [0.2, 0.25) is 0 Å². The van der Waals surface area contributed by atoms with Crippen molar-refractivity contribution in [2.45, 2.75) is 25.0 Å². The highest BCUT2D eigenvalue weighted by molar-refractivity contribution is 6.10. The number of para-hydroxylation sites is 3. The van der Waals surface area contributed by atoms with E-state index in [1.807, 2.05) is 55.5 Å². The number of ether oxygens (including phenoxy) is 3. The minimum atomic E-state index is -0.964. The van der Waals surface area contributed by atoms with Gasteiger partial charge in [0.25, 0.3) is 0 Å². The molecule has 27 heavy (non-hydrogen) atoms. The van der Waals surface area contributed by atoms with E-state index in [1.165, 1.54) is 7.11 Å². The van der Waals surface area contributed by atoms with Gasteiger partial charge in [0.2, 0.25) is 5.91 Å². The van der Waals surface area contributed by atoms with Crippen LogP contribution in [0.3, 0.4) is 0 Å². The van der Waals surface area contributed by atoms with Crippen molar-refractivity contribution in [3.63, 3.8) is 0 Å². The van der Waals surface area contributed by atoms with Gasteiger partial charge in [-0.15, -0.1) is 0 Å². The maximum absolute atomic E-state index is 13.5. The smallest absolute Gasteiger partial charge is 0.318 e. The Balaban J connectivity index is 1.85. The molecule has 3 atom stereocenters. The molecule has 0 bridgehead atoms. The molecule has 140 valence electrons. The largest absolute Gasteiger partial charge is 0.496 e. The Labute approximate surface area is 157 Å². The highest BCUT2D eigenvalue weighted by Gasteiger charge is 2.57. The summed E-state index contributed by atoms with van der Waals surface area (Å²) in [4.78, 5) is 27.7. The van der Waals surface area contributed by atoms with Crippen LogP contribution in [0.15, 0.2) is 48.5 Å². The number of hydrogen-bond donors (Lipinski definition) is 0. The first-order valence-corrected chi connectivity index (χ1v) is 8.83. The molecule has 6 heteroatoms. The zero-order chi connectivity index (χ0) is 19.2. The number of piperidine rings is 1. The molecule has 2 aromatic carbocycles. The number of carbonyl (C=O) groups is 2. The Hall–Kier alpha value is -3.02. The van der Waals surface area contributed by atoms with Crippen LogP contribution in [-0.2, 0) is 14.3 Å². The maximum Gasteiger partial charge on any atom is 0.318 e. The van der Waals surface area contributed by atoms with Gasteiger partial charge in [-0.25, -0.2) is 0 Å². The van der Waals surface area contributed by atoms with E-state index in [-0.39, 0.29) is 5.91 Å². The van der Waals surface area contributed by atoms with Crippen molar-refractivity contribution >= 4 is 17.6 Å². The van der Waals surface area contributed by atoms with Gasteiger partial charge in [0, 0.05) is 12.3 Å². The number of amides is 1. The third kappa shape index (κ3) is 2.55. The van der Waals surface area contributed by atoms with Crippen molar-refractivity contribution in [2.24, 2.45) is 5.92 Å². The summed E-state index contributed by atoms with van der Waals surface area (Å²) in [5.74, 6) is -0.987. The summed E-state index contributed by atoms with van der Waals surface area (Å²) >= 11 is 0. The van der Waals surface area contributed by atoms with Crippen LogP contribution in [0, 0.1) is 5.92 Å². The van der Waals surface area contributed by atoms with Crippen LogP contribution in [0.4, 0.5) is 5.69 Å². The standard InChI is InChI=1S/C21H21NO5/c1-21-12-14(13-8-4-6-10-16(13)25-2)18(20(24)26-3)19(23)22(21)15-9-5-7-11-17(15)27-21/h4-11,14,18H,12H2,1-3H3/t14-,18-,21-/m1/s1. The molecule has 0 unspecified atom stereocenters. The summed E-state index contributed by atoms with van der Waals surface area (Å²) in [7, 11) is 2.88. The second kappa shape index (κ2) is 6.30. The SMILES string of the molecule is COC(=O)[C@H]1C(=O)N2c3ccccc3O[C@]2(C)C[C@@H]1c1ccccc1OC. The molecule has 1 amide bonds. The Morgan fingerprint density at radius 1 is 1.15 bits per heavy atom. The molecule has 4 rings (SSSR count). The molecule has 0 N–H and O–H groups in total. The van der Waals surface area contributed by atoms with Gasteiger partial charge in [-0.3, -0.25) is 14.5 Å². The average molecular weight is 367 g/mol. The van der Waals surface area contributed by atoms with E-state index >= 15 is 0 Å². The van der Waals surface area contributed by atoms with Crippen molar-refractivity contribution in [2.75, 3.05) is 19.1 Å². The number of nitrogens with zero attached hydrogens (tertiary/aromatic N) is 1. The van der Waals surface area contributed by atoms with Crippen LogP contribution in [0.5, 0.6) is 11.5 Å². The molecular formula is C21H21NO5. The molecule has 1 fully saturated rings. The van der Waals surface area contributed by atoms with Crippen LogP contribution in [0.1, 0.15) is 24.8 Å². The lowest BCUT2D eigenvalue weighted by molar-refractivity contribution is -0.153. The number of benzene rings is 2. The van der Waals surface area contributed by atoms with E-state index in [0.717, 1.165) is 5.56 Å². The number of carbonyl (C=O) groups excluding carboxylic acids is 2. The predicted octanol–water partition coefficient (Wildman–Crippen LogP) is 3.11. The Morgan fingerprint density at radius 3 is 2.59 bits per heavy atom. The molecule has 0 saturated carbocycles. The normalized spacial score (nSPS) is 26.0. The third-order valence-corrected chi connectivity index (χ3v) is 5.39. The Bertz CT molecular complexity index is 911. The summed E-state index contributed by atoms with van der Waals surface area (Å²) in [6.07, 6.45) is 0.438. The fraction of sp³-hybridized carbons (Fsp3) is 0.333. The summed E-state index contributed by atoms with van der Waals surface area (Å²) in [6.45, 7) is 1.88. The minimum absolute atomic E-state index is 0.323. The van der Waals surface area contributed by atoms with Gasteiger partial charge < -0.3 is 14.2 Å². The molecule has 2 heterocycles. The van der Waals surface area contributed by atoms with Crippen molar-refractivity contribution < 1.29 is 23.8 Å². The van der Waals surface area contributed by atoms with Gasteiger partial charge in [0.1, 0.15) is 17.4 Å². The second-order valence-electron chi connectivity index (χ2n) is 6.97. The molecule has 2 aliphatic rings. The number of hydrogen-bond acceptors (Lipinski definition) is 5. The van der Waals surface area contributed by atoms with E-state index < -0.39 is 23.5 Å². The minimum Gasteiger partial charge on any atom is -0.496 e. The number of rotatable bonds is 3. The third-order valence-electron chi connectivity index (χ3n) is 5.39. The number of fused-ring (bicyclic) bond motifs is 3. The fourth-order valence-corrected chi connectivity index (χ4v) is 4.24. The molecule has 2 aromatic rings. The van der Waals surface area contributed by atoms with Crippen LogP contribution < -0.4 is 14.4 Å². The molecular weight excluding hydrogens is 346 g/mol. The topological polar surface area (TPSA) is 65.1 Å². The highest BCUT2D eigenvalue weighted by Crippen LogP contribution is 2.52. The monoisotopic (exact) mass is 367 g/mol. The lowest BCUT2D eigenvalue weighted by atomic mass is 9.75. The second-order valence-corrected chi connectivity index (χ2v) is 6.97. The number of methoxy groups -OCH3 is 2. The molecule has 0 aromatic heterocycles. The van der Waals surface area contributed by atoms with E-state index in [9.17, 15) is 9.59 Å². The highest BCUT2D eigenvalue weighted by atomic mass is 16.5. The van der Waals surface area contributed by atoms with Gasteiger partial charge in [-0.1, -0.05) is 30.3 Å². The van der Waals surface area contributed by atoms with Gasteiger partial charge >= 0.3 is 5.97 Å². The lowest BCUT2D eigenvalue weighted by Gasteiger charge is -2.44. The molecule has 6 nitrogen and oxygen atoms in total. The van der Waals surface area contributed by atoms with Gasteiger partial charge in [-0.2, -0.15) is 0 Å². The molecule has 0 aliphatic carbocycles. The Morgan fingerprint density at radius 2 is 1.85 bits per heavy atom. The number of anilines is 1. The zero-order valence-corrected chi connectivity index (χ0v) is 15.5. The summed E-state index contributed by atoms with van der Waals surface area (Å²) in [5, 5.41) is 0. The average Bonchev–Trinajstić information content (AvgIpc) is 2.99. The van der Waals surface area contributed by atoms with Crippen molar-refractivity contribution in [1.82, 2.24) is 0 Å². The van der Waals surface area contributed by atoms with E-state index in [0.29, 0.717) is 23.6 Å². The van der Waals surface area contributed by atoms with Crippen molar-refractivity contribution in [3.05, 3.63) is 54.1 Å². The molecule has 0 radical (unpaired) electrons. The zero-order valence-electron chi connectivity index (χ0n) is 15.5. The van der Waals surface area contributed by atoms with Crippen molar-refractivity contribution in [3.8, 4) is 11.5 Å². The van der Waals surface area contributed by atoms with Crippen LogP contribution in [0.25, 0.3) is 0 Å². The van der Waals surface area contributed by atoms with E-state index in [1.54, 1.807) is 12.0 Å². The summed E-state index contributed by atoms with van der Waals surface area (Å²) < 4.78 is 16.6. The fourth-order valence-electron chi connectivity index (χ4n) is 4.24. The summed E-state index contributed by atoms with van der Waals surface area (Å²) in [5.41, 5.74) is 0.596. The van der Waals surface area contributed by atoms with Crippen LogP contribution in [-0.4, -0.2) is 31.8 Å². The van der Waals surface area contributed by atoms with Gasteiger partial charge in [0.05, 0.1) is 19.9 Å². The number of esters is 1. The van der Waals surface area contributed by atoms with Gasteiger partial charge in [0.15, 0.2) is 5.72 Å². The Kier molecular flexibility index (Phi) is 4.06. The predicted molar refractivity (Wildman–Crippen MR) is 98.8 cm³/mol. The first-order valence-electron chi connectivity index (χ1n) is 8.83. The quantitative estimate of drug-likeness (QED) is 0.616. The van der Waals surface area contributed by atoms with Crippen LogP contribution >= 0.6 is 0 Å². The van der Waals surface area contributed by atoms with E-state index in [4.69, 9.17) is 14.2 Å². The molecule has 0 spiro atoms. The summed E-state index contributed by atoms with van der Waals surface area (Å²) in [6, 6.07) is 14.8. The maximum atomic E-state index is 13.5. The molecule has 2 aliphatic heterocycles. The van der Waals surface area contributed by atoms with Gasteiger partial charge in [-0.05, 0) is 30.7 Å². The van der Waals surface area contributed by atoms with Crippen molar-refractivity contribution in [1.29, 1.82) is 0 Å². The lowest BCUT2D eigenvalue weighted by Crippen LogP contribution is -2.60. The first kappa shape index (κ1) is 17.4. The van der Waals surface area contributed by atoms with E-state index in [2.05, 4.69) is 0 Å². The first-order chi connectivity index (χ1) is 13.0.